The average Bonchev–Trinajstić information content (AvgIpc) is 2.89. The van der Waals surface area contributed by atoms with Crippen molar-refractivity contribution in [2.75, 3.05) is 33.3 Å². The van der Waals surface area contributed by atoms with E-state index in [9.17, 15) is 21.6 Å². The van der Waals surface area contributed by atoms with E-state index in [1.807, 2.05) is 37.3 Å². The van der Waals surface area contributed by atoms with Crippen LogP contribution in [0.2, 0.25) is 0 Å². The van der Waals surface area contributed by atoms with Crippen LogP contribution in [0.5, 0.6) is 5.75 Å². The molecule has 0 heterocycles. The van der Waals surface area contributed by atoms with Gasteiger partial charge < -0.3 is 10.1 Å². The van der Waals surface area contributed by atoms with E-state index in [0.29, 0.717) is 17.7 Å². The van der Waals surface area contributed by atoms with Crippen LogP contribution in [-0.2, 0) is 31.3 Å². The van der Waals surface area contributed by atoms with Gasteiger partial charge in [0.2, 0.25) is 26.0 Å². The van der Waals surface area contributed by atoms with E-state index in [4.69, 9.17) is 4.74 Å². The third kappa shape index (κ3) is 7.87. The monoisotopic (exact) mass is 559 g/mol. The first-order chi connectivity index (χ1) is 18.0. The van der Waals surface area contributed by atoms with Gasteiger partial charge in [-0.05, 0) is 61.7 Å². The van der Waals surface area contributed by atoms with Crippen LogP contribution >= 0.6 is 0 Å². The molecule has 0 aromatic heterocycles. The Morgan fingerprint density at radius 1 is 0.868 bits per heavy atom. The first-order valence-electron chi connectivity index (χ1n) is 12.0. The Hall–Kier alpha value is -3.25. The summed E-state index contributed by atoms with van der Waals surface area (Å²) >= 11 is 0. The van der Waals surface area contributed by atoms with Gasteiger partial charge in [0.05, 0.1) is 23.4 Å². The molecule has 0 saturated heterocycles. The predicted molar refractivity (Wildman–Crippen MR) is 146 cm³/mol. The molecule has 3 aromatic carbocycles. The van der Waals surface area contributed by atoms with E-state index in [2.05, 4.69) is 10.0 Å². The standard InChI is InChI=1S/C27H33N3O6S2/c1-21-9-11-24(12-10-21)37(32,33)29-17-16-28-27(31)20-30(18-15-23-7-5-4-6-8-23)38(34,35)25-13-14-26(36-3)22(2)19-25/h4-14,19,29H,15-18,20H2,1-3H3,(H,28,31). The number of methoxy groups -OCH3 is 1. The largest absolute Gasteiger partial charge is 0.496 e. The Bertz CT molecular complexity index is 1440. The molecule has 1 amide bonds. The average molecular weight is 560 g/mol. The van der Waals surface area contributed by atoms with Crippen molar-refractivity contribution in [3.63, 3.8) is 0 Å². The Balaban J connectivity index is 1.66. The number of ether oxygens (including phenoxy) is 1. The molecule has 204 valence electrons. The maximum Gasteiger partial charge on any atom is 0.243 e. The fourth-order valence-corrected chi connectivity index (χ4v) is 6.26. The highest BCUT2D eigenvalue weighted by molar-refractivity contribution is 7.89. The molecule has 9 nitrogen and oxygen atoms in total. The van der Waals surface area contributed by atoms with Crippen molar-refractivity contribution in [3.05, 3.63) is 89.5 Å². The van der Waals surface area contributed by atoms with Crippen molar-refractivity contribution in [2.45, 2.75) is 30.1 Å². The van der Waals surface area contributed by atoms with Crippen molar-refractivity contribution in [1.82, 2.24) is 14.3 Å². The molecule has 0 aliphatic rings. The summed E-state index contributed by atoms with van der Waals surface area (Å²) in [5.74, 6) is 0.0204. The molecule has 3 rings (SSSR count). The van der Waals surface area contributed by atoms with E-state index in [0.717, 1.165) is 15.4 Å². The van der Waals surface area contributed by atoms with Gasteiger partial charge in [0.25, 0.3) is 0 Å². The number of aryl methyl sites for hydroxylation is 2. The van der Waals surface area contributed by atoms with Gasteiger partial charge in [-0.25, -0.2) is 21.6 Å². The van der Waals surface area contributed by atoms with Crippen LogP contribution in [0.3, 0.4) is 0 Å². The Labute approximate surface area is 224 Å². The summed E-state index contributed by atoms with van der Waals surface area (Å²) in [4.78, 5) is 12.9. The van der Waals surface area contributed by atoms with Crippen LogP contribution in [0.25, 0.3) is 0 Å². The lowest BCUT2D eigenvalue weighted by Crippen LogP contribution is -2.43. The summed E-state index contributed by atoms with van der Waals surface area (Å²) < 4.78 is 60.7. The molecular weight excluding hydrogens is 526 g/mol. The van der Waals surface area contributed by atoms with E-state index in [1.165, 1.54) is 31.4 Å². The van der Waals surface area contributed by atoms with Crippen molar-refractivity contribution in [2.24, 2.45) is 0 Å². The van der Waals surface area contributed by atoms with E-state index >= 15 is 0 Å². The Morgan fingerprint density at radius 3 is 2.16 bits per heavy atom. The van der Waals surface area contributed by atoms with Crippen LogP contribution < -0.4 is 14.8 Å². The summed E-state index contributed by atoms with van der Waals surface area (Å²) in [6.45, 7) is 3.24. The van der Waals surface area contributed by atoms with Crippen molar-refractivity contribution >= 4 is 26.0 Å². The molecule has 0 radical (unpaired) electrons. The predicted octanol–water partition coefficient (Wildman–Crippen LogP) is 2.64. The third-order valence-electron chi connectivity index (χ3n) is 5.89. The van der Waals surface area contributed by atoms with Gasteiger partial charge in [0, 0.05) is 19.6 Å². The summed E-state index contributed by atoms with van der Waals surface area (Å²) in [6.07, 6.45) is 0.416. The van der Waals surface area contributed by atoms with Crippen LogP contribution in [0, 0.1) is 13.8 Å². The second-order valence-corrected chi connectivity index (χ2v) is 12.5. The maximum absolute atomic E-state index is 13.5. The second-order valence-electron chi connectivity index (χ2n) is 8.77. The van der Waals surface area contributed by atoms with Crippen LogP contribution in [0.1, 0.15) is 16.7 Å². The number of rotatable bonds is 13. The zero-order valence-corrected chi connectivity index (χ0v) is 23.3. The van der Waals surface area contributed by atoms with Crippen molar-refractivity contribution < 1.29 is 26.4 Å². The smallest absolute Gasteiger partial charge is 0.243 e. The summed E-state index contributed by atoms with van der Waals surface area (Å²) in [6, 6.07) is 20.4. The quantitative estimate of drug-likeness (QED) is 0.311. The number of hydrogen-bond donors (Lipinski definition) is 2. The van der Waals surface area contributed by atoms with Crippen LogP contribution in [-0.4, -0.2) is 60.3 Å². The van der Waals surface area contributed by atoms with E-state index < -0.39 is 32.5 Å². The minimum Gasteiger partial charge on any atom is -0.496 e. The van der Waals surface area contributed by atoms with Crippen molar-refractivity contribution in [1.29, 1.82) is 0 Å². The van der Waals surface area contributed by atoms with E-state index in [1.54, 1.807) is 25.1 Å². The Morgan fingerprint density at radius 2 is 1.53 bits per heavy atom. The molecule has 2 N–H and O–H groups in total. The SMILES string of the molecule is COc1ccc(S(=O)(=O)N(CCc2ccccc2)CC(=O)NCCNS(=O)(=O)c2ccc(C)cc2)cc1C. The van der Waals surface area contributed by atoms with E-state index in [-0.39, 0.29) is 29.4 Å². The molecule has 0 bridgehead atoms. The van der Waals surface area contributed by atoms with Crippen LogP contribution in [0.15, 0.2) is 82.6 Å². The molecule has 11 heteroatoms. The van der Waals surface area contributed by atoms with Gasteiger partial charge in [-0.2, -0.15) is 4.31 Å². The lowest BCUT2D eigenvalue weighted by molar-refractivity contribution is -0.121. The first-order valence-corrected chi connectivity index (χ1v) is 15.0. The van der Waals surface area contributed by atoms with Gasteiger partial charge in [-0.1, -0.05) is 48.0 Å². The number of carbonyl (C=O) groups is 1. The highest BCUT2D eigenvalue weighted by atomic mass is 32.2. The summed E-state index contributed by atoms with van der Waals surface area (Å²) in [5, 5.41) is 2.61. The molecular formula is C27H33N3O6S2. The lowest BCUT2D eigenvalue weighted by atomic mass is 10.1. The first kappa shape index (κ1) is 29.3. The molecule has 3 aromatic rings. The van der Waals surface area contributed by atoms with Gasteiger partial charge in [0.15, 0.2) is 0 Å². The minimum atomic E-state index is -4.00. The molecule has 0 aliphatic carbocycles. The lowest BCUT2D eigenvalue weighted by Gasteiger charge is -2.22. The van der Waals surface area contributed by atoms with Crippen molar-refractivity contribution in [3.8, 4) is 5.75 Å². The number of nitrogens with zero attached hydrogens (tertiary/aromatic N) is 1. The molecule has 0 fully saturated rings. The molecule has 0 saturated carbocycles. The van der Waals surface area contributed by atoms with Crippen LogP contribution in [0.4, 0.5) is 0 Å². The highest BCUT2D eigenvalue weighted by Gasteiger charge is 2.27. The topological polar surface area (TPSA) is 122 Å². The van der Waals surface area contributed by atoms with Gasteiger partial charge in [-0.3, -0.25) is 4.79 Å². The summed E-state index contributed by atoms with van der Waals surface area (Å²) in [5.41, 5.74) is 2.53. The fourth-order valence-electron chi connectivity index (χ4n) is 3.75. The minimum absolute atomic E-state index is 0.00184. The normalized spacial score (nSPS) is 11.9. The molecule has 0 atom stereocenters. The number of nitrogens with one attached hydrogen (secondary N) is 2. The number of benzene rings is 3. The third-order valence-corrected chi connectivity index (χ3v) is 9.21. The number of amides is 1. The number of carbonyl (C=O) groups excluding carboxylic acids is 1. The molecule has 0 unspecified atom stereocenters. The Kier molecular flexibility index (Phi) is 10.0. The number of sulfonamides is 2. The summed E-state index contributed by atoms with van der Waals surface area (Å²) in [7, 11) is -6.22. The maximum atomic E-state index is 13.5. The second kappa shape index (κ2) is 13.0. The zero-order chi connectivity index (χ0) is 27.8. The van der Waals surface area contributed by atoms with Gasteiger partial charge >= 0.3 is 0 Å². The fraction of sp³-hybridized carbons (Fsp3) is 0.296. The van der Waals surface area contributed by atoms with Gasteiger partial charge in [-0.15, -0.1) is 0 Å². The zero-order valence-electron chi connectivity index (χ0n) is 21.7. The molecule has 0 aliphatic heterocycles. The molecule has 38 heavy (non-hydrogen) atoms. The van der Waals surface area contributed by atoms with Gasteiger partial charge in [0.1, 0.15) is 5.75 Å². The highest BCUT2D eigenvalue weighted by Crippen LogP contribution is 2.24. The molecule has 0 spiro atoms. The number of hydrogen-bond acceptors (Lipinski definition) is 6.